The Morgan fingerprint density at radius 1 is 0.329 bits per heavy atom. The second-order valence-electron chi connectivity index (χ2n) is 60.0. The fourth-order valence-electron chi connectivity index (χ4n) is 30.6. The summed E-state index contributed by atoms with van der Waals surface area (Å²) in [5.74, 6) is 4.38. The number of piperazine rings is 4. The SMILES string of the molecule is C.C.C=C(O)C1CC2CCC(C1)N2C(C)(C)C.CC(C)(C)CN1CC2C[N-]CC(C2)C1.CN1C2CCC1CC([N-]C(C)(C)C)C2.CN1C2CCC1CN(C(C)(C)C)C2.CN1CC2CC1CN2C(C)(C)C.CN1CC2CCC(C1)N2C(C)(C)C.CN1CC2CCC1CN2C(C)(C)C.CN1CC2CN(C(C)(C)C)CC2C1.CN1CCC2(CC1)CCN(CC(C)(C)C)CC2.C[N-]C1CC2CCC(C1)N2C(C)(C)C.[Re].[Rf].[Rf]. The molecule has 18 unspecified atom stereocenters. The molecule has 143 heavy (non-hydrogen) atoms. The minimum Gasteiger partial charge on any atom is -0.662 e. The van der Waals surface area contributed by atoms with Crippen molar-refractivity contribution < 1.29 is 25.5 Å². The molecular weight excluding hydrogens is 2440 g/mol. The van der Waals surface area contributed by atoms with Crippen LogP contribution in [0.5, 0.6) is 0 Å². The zero-order valence-electron chi connectivity index (χ0n) is 100. The quantitative estimate of drug-likeness (QED) is 0.263. The molecule has 23 heteroatoms. The van der Waals surface area contributed by atoms with E-state index in [9.17, 15) is 5.11 Å². The topological polar surface area (TPSA) is 114 Å². The Bertz CT molecular complexity index is 3520. The molecule has 18 atom stereocenters. The fraction of sp³-hybridized carbons (Fsp3) is 0.983. The molecule has 21 heterocycles. The molecule has 0 aromatic carbocycles. The Morgan fingerprint density at radius 2 is 0.671 bits per heavy atom. The summed E-state index contributed by atoms with van der Waals surface area (Å²) in [6, 6.07) is 12.5. The summed E-state index contributed by atoms with van der Waals surface area (Å²) in [6.07, 6.45) is 32.6. The maximum Gasteiger partial charge on any atom is 0.0883 e. The third kappa shape index (κ3) is 36.6. The number of allylic oxidation sites excluding steroid dienone is 1. The molecule has 1 N–H and O–H groups in total. The first-order chi connectivity index (χ1) is 63.7. The molecule has 0 aromatic heterocycles. The molecule has 20 nitrogen and oxygen atoms in total. The summed E-state index contributed by atoms with van der Waals surface area (Å²) in [4.78, 5) is 41.8. The average Bonchev–Trinajstić information content (AvgIpc) is 1.68. The summed E-state index contributed by atoms with van der Waals surface area (Å²) in [5, 5.41) is 23.5. The molecule has 0 saturated carbocycles. The van der Waals surface area contributed by atoms with Gasteiger partial charge in [-0.05, 0) is 402 Å². The van der Waals surface area contributed by atoms with E-state index in [-0.39, 0.29) is 46.4 Å². The van der Waals surface area contributed by atoms with Crippen LogP contribution in [-0.4, -0.2) is 425 Å². The minimum absolute atomic E-state index is 0. The van der Waals surface area contributed by atoms with Gasteiger partial charge in [0, 0.05) is 241 Å². The van der Waals surface area contributed by atoms with Crippen molar-refractivity contribution >= 4 is 0 Å². The van der Waals surface area contributed by atoms with E-state index in [0.717, 1.165) is 122 Å². The van der Waals surface area contributed by atoms with Gasteiger partial charge in [0.2, 0.25) is 0 Å². The number of rotatable bonds is 5. The standard InChI is InChI=1S/C15H30N2.C13H23NO.3C12H23N2.4C11H22N2.C10H20N2.2CH4.Re.2Rf/c1-14(2,3)13-17-11-7-15(8-12-17)5-9-16(4)10-6-15;1-9(15)10-7-11-5-6-12(8-10)14(11)13(2,3)4;1-12(2,3)9-14-7-10-4-11(8-14)6-13-5-10;1-12(2,3)13-9-7-10-5-6-11(8-9)14(10)4;1-12(2,3)14-10-5-6-11(14)8-9(7-10)13-4;1-11(2,3)13-7-9-5-12(4)6-10(9)8-13;1-11(2,3)13-8-9-5-6-10(13)7-12(9)4;1-11(2,3)13-7-9-5-6-10(8-13)12(9)4;1-11(2,3)13-9-5-6-10(13)8-12(4)7-9;1-10(2,3)12-7-8-5-9(12)6-11(8)4;;;;;/h5-13H2,1-4H3;10-12,15H,1,5-8H2,2-4H3;10-11H,4-9H2,1-3H3;2*9-11H,5-8H2,1-4H3;4*9-10H,5-8H2,1-4H3;8-9H,5-7H2,1-4H3;2*1H4;;;/q;;3*-1;;;;;;;;;;. The summed E-state index contributed by atoms with van der Waals surface area (Å²) in [7, 11) is 17.9. The first-order valence-corrected chi connectivity index (χ1v) is 57.7. The molecule has 1 spiro atoms. The maximum absolute atomic E-state index is 9.52. The Hall–Kier alpha value is -2.56. The fourth-order valence-corrected chi connectivity index (χ4v) is 30.6. The van der Waals surface area contributed by atoms with Crippen molar-refractivity contribution in [1.29, 1.82) is 0 Å². The molecule has 21 aliphatic rings. The van der Waals surface area contributed by atoms with Crippen LogP contribution in [0.15, 0.2) is 12.3 Å². The van der Waals surface area contributed by atoms with E-state index < -0.39 is 0 Å². The van der Waals surface area contributed by atoms with Crippen molar-refractivity contribution in [3.63, 3.8) is 0 Å². The van der Waals surface area contributed by atoms with Gasteiger partial charge in [0.05, 0.1) is 5.76 Å². The van der Waals surface area contributed by atoms with E-state index in [4.69, 9.17) is 5.32 Å². The third-order valence-corrected chi connectivity index (χ3v) is 37.2. The van der Waals surface area contributed by atoms with Gasteiger partial charge in [0.1, 0.15) is 0 Å². The van der Waals surface area contributed by atoms with Gasteiger partial charge >= 0.3 is 0 Å². The van der Waals surface area contributed by atoms with Gasteiger partial charge in [0.25, 0.3) is 0 Å². The van der Waals surface area contributed by atoms with Crippen LogP contribution in [-0.2, 0) is 20.4 Å². The van der Waals surface area contributed by atoms with Crippen molar-refractivity contribution in [2.45, 2.75) is 518 Å². The van der Waals surface area contributed by atoms with Crippen molar-refractivity contribution in [2.24, 2.45) is 45.8 Å². The van der Waals surface area contributed by atoms with Gasteiger partial charge in [-0.15, -0.1) is 30.7 Å². The van der Waals surface area contributed by atoms with Gasteiger partial charge < -0.3 is 60.3 Å². The number of likely N-dealkylation sites (N-methyl/N-ethyl adjacent to an activating group) is 4. The maximum atomic E-state index is 9.52. The van der Waals surface area contributed by atoms with Gasteiger partial charge in [-0.25, -0.2) is 0 Å². The number of nitrogens with zero attached hydrogens (tertiary/aromatic N) is 19. The Morgan fingerprint density at radius 3 is 1.04 bits per heavy atom. The van der Waals surface area contributed by atoms with Crippen molar-refractivity contribution in [2.75, 3.05) is 200 Å². The summed E-state index contributed by atoms with van der Waals surface area (Å²) in [6.45, 7) is 102. The number of likely N-dealkylation sites (tertiary alicyclic amines) is 9. The summed E-state index contributed by atoms with van der Waals surface area (Å²) in [5.41, 5.74) is 4.24. The first-order valence-electron chi connectivity index (χ1n) is 57.7. The predicted octanol–water partition coefficient (Wildman–Crippen LogP) is 22.3. The van der Waals surface area contributed by atoms with Gasteiger partial charge in [0.15, 0.2) is 0 Å². The molecule has 0 aromatic rings. The van der Waals surface area contributed by atoms with Crippen LogP contribution in [0.3, 0.4) is 0 Å². The van der Waals surface area contributed by atoms with Gasteiger partial charge in [-0.1, -0.05) is 109 Å². The molecule has 21 rings (SSSR count). The monoisotopic (exact) mass is 2680 g/mol. The normalized spacial score (nSPS) is 34.8. The number of aliphatic hydroxyl groups excluding tert-OH is 1. The van der Waals surface area contributed by atoms with Gasteiger partial charge in [-0.3, -0.25) is 39.2 Å². The van der Waals surface area contributed by atoms with Crippen molar-refractivity contribution in [1.82, 2.24) is 78.4 Å². The van der Waals surface area contributed by atoms with Crippen LogP contribution in [0.2, 0.25) is 0 Å². The summed E-state index contributed by atoms with van der Waals surface area (Å²) < 4.78 is 0. The van der Waals surface area contributed by atoms with E-state index in [1.807, 2.05) is 7.05 Å². The molecule has 16 bridgehead atoms. The van der Waals surface area contributed by atoms with E-state index >= 15 is 0 Å². The molecule has 0 amide bonds. The summed E-state index contributed by atoms with van der Waals surface area (Å²) >= 11 is 0. The van der Waals surface area contributed by atoms with E-state index in [1.165, 1.54) is 272 Å². The Labute approximate surface area is 890 Å². The van der Waals surface area contributed by atoms with Crippen LogP contribution in [0.4, 0.5) is 0 Å². The van der Waals surface area contributed by atoms with Crippen LogP contribution >= 0.6 is 0 Å². The average molecular weight is 2680 g/mol. The van der Waals surface area contributed by atoms with E-state index in [1.54, 1.807) is 0 Å². The largest absolute Gasteiger partial charge is 0.662 e. The molecule has 0 aliphatic carbocycles. The minimum atomic E-state index is 0. The van der Waals surface area contributed by atoms with Crippen molar-refractivity contribution in [3.05, 3.63) is 28.3 Å². The van der Waals surface area contributed by atoms with Crippen LogP contribution in [0, 0.1) is 45.8 Å². The number of hydrogen-bond donors (Lipinski definition) is 1. The second-order valence-corrected chi connectivity index (χ2v) is 60.0. The molecule has 21 saturated heterocycles. The zero-order valence-corrected chi connectivity index (χ0v) is 116. The van der Waals surface area contributed by atoms with Crippen LogP contribution in [0.1, 0.15) is 377 Å². The number of fused-ring (bicyclic) bond motifs is 18. The molecule has 21 aliphatic heterocycles. The van der Waals surface area contributed by atoms with E-state index in [2.05, 4.69) is 353 Å². The number of aliphatic hydroxyl groups is 1. The van der Waals surface area contributed by atoms with E-state index in [0.29, 0.717) is 85.3 Å². The molecular formula is C120H238N19OReRf2-3. The Kier molecular flexibility index (Phi) is 47.1. The zero-order chi connectivity index (χ0) is 102. The van der Waals surface area contributed by atoms with Crippen LogP contribution in [0.25, 0.3) is 16.0 Å². The third-order valence-electron chi connectivity index (χ3n) is 37.2. The number of piperidine rings is 9. The molecule has 21 fully saturated rings. The first kappa shape index (κ1) is 129. The van der Waals surface area contributed by atoms with Crippen LogP contribution < -0.4 is 0 Å². The number of hydrogen-bond acceptors (Lipinski definition) is 17. The smallest absolute Gasteiger partial charge is 0.0883 e. The van der Waals surface area contributed by atoms with Crippen molar-refractivity contribution in [3.8, 4) is 0 Å². The Balaban J connectivity index is 0.000000242. The van der Waals surface area contributed by atoms with Gasteiger partial charge in [-0.2, -0.15) is 7.05 Å². The second kappa shape index (κ2) is 52.1. The predicted molar refractivity (Wildman–Crippen MR) is 607 cm³/mol. The molecule has 833 valence electrons. The molecule has 1 radical (unpaired) electrons.